The zero-order valence-electron chi connectivity index (χ0n) is 13.1. The summed E-state index contributed by atoms with van der Waals surface area (Å²) in [5.74, 6) is 0.167. The van der Waals surface area contributed by atoms with E-state index >= 15 is 0 Å². The maximum Gasteiger partial charge on any atom is 0.241 e. The summed E-state index contributed by atoms with van der Waals surface area (Å²) in [6.07, 6.45) is 2.05. The minimum Gasteiger partial charge on any atom is -0.373 e. The molecule has 3 rings (SSSR count). The summed E-state index contributed by atoms with van der Waals surface area (Å²) in [6, 6.07) is 8.12. The summed E-state index contributed by atoms with van der Waals surface area (Å²) < 4.78 is 5.88. The molecule has 2 heterocycles. The third-order valence-corrected chi connectivity index (χ3v) is 4.66. The van der Waals surface area contributed by atoms with Crippen molar-refractivity contribution >= 4 is 5.91 Å². The van der Waals surface area contributed by atoms with Crippen LogP contribution in [0.5, 0.6) is 0 Å². The first-order valence-corrected chi connectivity index (χ1v) is 7.76. The fourth-order valence-corrected chi connectivity index (χ4v) is 3.42. The van der Waals surface area contributed by atoms with Crippen LogP contribution in [0.3, 0.4) is 0 Å². The van der Waals surface area contributed by atoms with Gasteiger partial charge in [-0.15, -0.1) is 0 Å². The van der Waals surface area contributed by atoms with E-state index in [0.717, 1.165) is 19.4 Å². The molecule has 21 heavy (non-hydrogen) atoms. The predicted molar refractivity (Wildman–Crippen MR) is 81.8 cm³/mol. The van der Waals surface area contributed by atoms with E-state index in [1.54, 1.807) is 0 Å². The second-order valence-corrected chi connectivity index (χ2v) is 6.52. The Kier molecular flexibility index (Phi) is 3.76. The highest BCUT2D eigenvalue weighted by atomic mass is 16.5. The third-order valence-electron chi connectivity index (χ3n) is 4.66. The monoisotopic (exact) mass is 288 g/mol. The fourth-order valence-electron chi connectivity index (χ4n) is 3.42. The maximum absolute atomic E-state index is 12.5. The molecule has 3 atom stereocenters. The smallest absolute Gasteiger partial charge is 0.241 e. The van der Waals surface area contributed by atoms with Gasteiger partial charge >= 0.3 is 0 Å². The van der Waals surface area contributed by atoms with Gasteiger partial charge in [-0.3, -0.25) is 10.1 Å². The third kappa shape index (κ3) is 2.70. The molecule has 0 saturated carbocycles. The van der Waals surface area contributed by atoms with Crippen LogP contribution in [0.25, 0.3) is 0 Å². The van der Waals surface area contributed by atoms with Gasteiger partial charge in [0, 0.05) is 6.61 Å². The number of carbonyl (C=O) groups is 1. The average Bonchev–Trinajstić information content (AvgIpc) is 2.99. The van der Waals surface area contributed by atoms with Gasteiger partial charge < -0.3 is 9.64 Å². The predicted octanol–water partition coefficient (Wildman–Crippen LogP) is 2.38. The summed E-state index contributed by atoms with van der Waals surface area (Å²) >= 11 is 0. The maximum atomic E-state index is 12.5. The summed E-state index contributed by atoms with van der Waals surface area (Å²) in [6.45, 7) is 7.60. The van der Waals surface area contributed by atoms with Crippen LogP contribution in [-0.4, -0.2) is 35.6 Å². The normalized spacial score (nSPS) is 32.9. The van der Waals surface area contributed by atoms with E-state index in [4.69, 9.17) is 4.74 Å². The highest BCUT2D eigenvalue weighted by Crippen LogP contribution is 2.33. The number of ether oxygens (including phenoxy) is 1. The molecule has 2 fully saturated rings. The lowest BCUT2D eigenvalue weighted by Crippen LogP contribution is -2.43. The molecule has 114 valence electrons. The Bertz CT molecular complexity index is 537. The van der Waals surface area contributed by atoms with E-state index in [1.807, 2.05) is 24.0 Å². The molecule has 0 radical (unpaired) electrons. The molecule has 0 aliphatic carbocycles. The number of aryl methyl sites for hydroxylation is 1. The molecule has 0 aromatic heterocycles. The Labute approximate surface area is 126 Å². The van der Waals surface area contributed by atoms with Gasteiger partial charge in [-0.1, -0.05) is 24.3 Å². The van der Waals surface area contributed by atoms with Crippen molar-refractivity contribution in [2.24, 2.45) is 0 Å². The average molecular weight is 288 g/mol. The first kappa shape index (κ1) is 14.5. The lowest BCUT2D eigenvalue weighted by Gasteiger charge is -2.33. The number of carbonyl (C=O) groups excluding carboxylic acids is 1. The SMILES string of the molecule is Cc1ccccc1C1NC(C)C(=O)N1CC1(C)CCCO1. The van der Waals surface area contributed by atoms with E-state index in [1.165, 1.54) is 11.1 Å². The van der Waals surface area contributed by atoms with Gasteiger partial charge in [0.25, 0.3) is 0 Å². The van der Waals surface area contributed by atoms with Crippen molar-refractivity contribution < 1.29 is 9.53 Å². The van der Waals surface area contributed by atoms with E-state index in [9.17, 15) is 4.79 Å². The van der Waals surface area contributed by atoms with Gasteiger partial charge in [-0.2, -0.15) is 0 Å². The summed E-state index contributed by atoms with van der Waals surface area (Å²) in [5.41, 5.74) is 2.18. The van der Waals surface area contributed by atoms with E-state index in [2.05, 4.69) is 31.3 Å². The van der Waals surface area contributed by atoms with Crippen molar-refractivity contribution in [1.82, 2.24) is 10.2 Å². The van der Waals surface area contributed by atoms with E-state index in [-0.39, 0.29) is 23.7 Å². The van der Waals surface area contributed by atoms with Gasteiger partial charge in [0.2, 0.25) is 5.91 Å². The largest absolute Gasteiger partial charge is 0.373 e. The fraction of sp³-hybridized carbons (Fsp3) is 0.588. The van der Waals surface area contributed by atoms with E-state index < -0.39 is 0 Å². The Hall–Kier alpha value is -1.39. The number of nitrogens with zero attached hydrogens (tertiary/aromatic N) is 1. The Morgan fingerprint density at radius 2 is 2.19 bits per heavy atom. The van der Waals surface area contributed by atoms with Crippen LogP contribution < -0.4 is 5.32 Å². The molecule has 4 nitrogen and oxygen atoms in total. The van der Waals surface area contributed by atoms with E-state index in [0.29, 0.717) is 6.54 Å². The highest BCUT2D eigenvalue weighted by Gasteiger charge is 2.42. The van der Waals surface area contributed by atoms with Crippen LogP contribution >= 0.6 is 0 Å². The molecule has 2 saturated heterocycles. The molecule has 1 aromatic carbocycles. The number of rotatable bonds is 3. The lowest BCUT2D eigenvalue weighted by atomic mass is 10.0. The van der Waals surface area contributed by atoms with Gasteiger partial charge in [-0.25, -0.2) is 0 Å². The molecule has 2 aliphatic heterocycles. The van der Waals surface area contributed by atoms with Crippen LogP contribution in [0, 0.1) is 6.92 Å². The molecule has 4 heteroatoms. The van der Waals surface area contributed by atoms with Crippen LogP contribution in [0.15, 0.2) is 24.3 Å². The van der Waals surface area contributed by atoms with Gasteiger partial charge in [0.1, 0.15) is 6.17 Å². The molecule has 0 bridgehead atoms. The van der Waals surface area contributed by atoms with Crippen molar-refractivity contribution in [2.75, 3.05) is 13.2 Å². The molecule has 2 aliphatic rings. The van der Waals surface area contributed by atoms with Gasteiger partial charge in [0.15, 0.2) is 0 Å². The molecule has 1 amide bonds. The van der Waals surface area contributed by atoms with Crippen molar-refractivity contribution in [1.29, 1.82) is 0 Å². The number of nitrogens with one attached hydrogen (secondary N) is 1. The van der Waals surface area contributed by atoms with Crippen molar-refractivity contribution in [3.05, 3.63) is 35.4 Å². The van der Waals surface area contributed by atoms with Crippen molar-refractivity contribution in [3.63, 3.8) is 0 Å². The lowest BCUT2D eigenvalue weighted by molar-refractivity contribution is -0.133. The summed E-state index contributed by atoms with van der Waals surface area (Å²) in [7, 11) is 0. The Balaban J connectivity index is 1.88. The molecule has 1 N–H and O–H groups in total. The number of hydrogen-bond donors (Lipinski definition) is 1. The number of benzene rings is 1. The molecule has 3 unspecified atom stereocenters. The Morgan fingerprint density at radius 3 is 2.86 bits per heavy atom. The first-order valence-electron chi connectivity index (χ1n) is 7.76. The molecule has 1 aromatic rings. The minimum atomic E-state index is -0.206. The van der Waals surface area contributed by atoms with Gasteiger partial charge in [0.05, 0.1) is 18.2 Å². The number of hydrogen-bond acceptors (Lipinski definition) is 3. The first-order chi connectivity index (χ1) is 10.0. The molecule has 0 spiro atoms. The van der Waals surface area contributed by atoms with Crippen LogP contribution in [-0.2, 0) is 9.53 Å². The van der Waals surface area contributed by atoms with Crippen LogP contribution in [0.4, 0.5) is 0 Å². The van der Waals surface area contributed by atoms with Crippen LogP contribution in [0.2, 0.25) is 0 Å². The van der Waals surface area contributed by atoms with Gasteiger partial charge in [-0.05, 0) is 44.7 Å². The second-order valence-electron chi connectivity index (χ2n) is 6.52. The quantitative estimate of drug-likeness (QED) is 0.928. The van der Waals surface area contributed by atoms with Crippen LogP contribution in [0.1, 0.15) is 44.0 Å². The molecular weight excluding hydrogens is 264 g/mol. The Morgan fingerprint density at radius 1 is 1.43 bits per heavy atom. The molecular formula is C17H24N2O2. The van der Waals surface area contributed by atoms with Crippen molar-refractivity contribution in [3.8, 4) is 0 Å². The topological polar surface area (TPSA) is 41.6 Å². The number of amides is 1. The standard InChI is InChI=1S/C17H24N2O2/c1-12-7-4-5-8-14(12)15-18-13(2)16(20)19(15)11-17(3)9-6-10-21-17/h4-5,7-8,13,15,18H,6,9-11H2,1-3H3. The zero-order chi connectivity index (χ0) is 15.0. The summed E-state index contributed by atoms with van der Waals surface area (Å²) in [5, 5.41) is 3.42. The summed E-state index contributed by atoms with van der Waals surface area (Å²) in [4.78, 5) is 14.5. The van der Waals surface area contributed by atoms with Crippen molar-refractivity contribution in [2.45, 2.75) is 51.4 Å². The highest BCUT2D eigenvalue weighted by molar-refractivity contribution is 5.84. The second kappa shape index (κ2) is 5.43. The minimum absolute atomic E-state index is 0.0466. The zero-order valence-corrected chi connectivity index (χ0v) is 13.1.